The zero-order valence-electron chi connectivity index (χ0n) is 10.9. The largest absolute Gasteiger partial charge is 0.573 e. The van der Waals surface area contributed by atoms with Gasteiger partial charge in [0.1, 0.15) is 5.75 Å². The summed E-state index contributed by atoms with van der Waals surface area (Å²) >= 11 is 0. The Morgan fingerprint density at radius 2 is 1.67 bits per heavy atom. The lowest BCUT2D eigenvalue weighted by Crippen LogP contribution is -2.17. The summed E-state index contributed by atoms with van der Waals surface area (Å²) in [6.07, 6.45) is -2.52. The van der Waals surface area contributed by atoms with Crippen molar-refractivity contribution in [3.8, 4) is 5.75 Å². The first kappa shape index (κ1) is 14.9. The first-order valence-corrected chi connectivity index (χ1v) is 6.19. The predicted octanol–water partition coefficient (Wildman–Crippen LogP) is 5.12. The summed E-state index contributed by atoms with van der Waals surface area (Å²) in [5, 5.41) is 0. The van der Waals surface area contributed by atoms with E-state index in [1.165, 1.54) is 12.1 Å². The normalized spacial score (nSPS) is 13.7. The van der Waals surface area contributed by atoms with Crippen LogP contribution in [0.25, 0.3) is 0 Å². The van der Waals surface area contributed by atoms with E-state index in [9.17, 15) is 13.2 Å². The fraction of sp³-hybridized carbons (Fsp3) is 0.571. The molecule has 0 fully saturated rings. The predicted molar refractivity (Wildman–Crippen MR) is 65.6 cm³/mol. The monoisotopic (exact) mass is 260 g/mol. The van der Waals surface area contributed by atoms with Crippen LogP contribution in [0.15, 0.2) is 24.3 Å². The van der Waals surface area contributed by atoms with E-state index in [2.05, 4.69) is 25.5 Å². The molecular weight excluding hydrogens is 241 g/mol. The molecular formula is C14H19F3O. The van der Waals surface area contributed by atoms with Crippen molar-refractivity contribution in [2.24, 2.45) is 5.92 Å². The molecule has 0 aliphatic rings. The lowest BCUT2D eigenvalue weighted by molar-refractivity contribution is -0.274. The van der Waals surface area contributed by atoms with Crippen molar-refractivity contribution in [2.75, 3.05) is 0 Å². The molecule has 0 heterocycles. The number of benzene rings is 1. The molecule has 18 heavy (non-hydrogen) atoms. The van der Waals surface area contributed by atoms with Gasteiger partial charge in [-0.25, -0.2) is 0 Å². The quantitative estimate of drug-likeness (QED) is 0.713. The molecule has 1 atom stereocenters. The Morgan fingerprint density at radius 3 is 2.06 bits per heavy atom. The highest BCUT2D eigenvalue weighted by Gasteiger charge is 2.31. The number of rotatable bonds is 5. The molecule has 1 aromatic carbocycles. The van der Waals surface area contributed by atoms with Gasteiger partial charge in [-0.3, -0.25) is 0 Å². The van der Waals surface area contributed by atoms with Crippen molar-refractivity contribution in [1.29, 1.82) is 0 Å². The first-order valence-electron chi connectivity index (χ1n) is 6.19. The fourth-order valence-corrected chi connectivity index (χ4v) is 2.11. The van der Waals surface area contributed by atoms with Crippen LogP contribution in [0.2, 0.25) is 0 Å². The maximum absolute atomic E-state index is 12.0. The van der Waals surface area contributed by atoms with Gasteiger partial charge in [-0.05, 0) is 36.0 Å². The molecule has 1 unspecified atom stereocenters. The average molecular weight is 260 g/mol. The van der Waals surface area contributed by atoms with Crippen molar-refractivity contribution >= 4 is 0 Å². The van der Waals surface area contributed by atoms with Gasteiger partial charge in [-0.1, -0.05) is 39.3 Å². The van der Waals surface area contributed by atoms with E-state index in [4.69, 9.17) is 0 Å². The summed E-state index contributed by atoms with van der Waals surface area (Å²) in [7, 11) is 0. The molecule has 0 aliphatic carbocycles. The Kier molecular flexibility index (Phi) is 5.05. The Balaban J connectivity index is 2.80. The van der Waals surface area contributed by atoms with Crippen LogP contribution in [0.1, 0.15) is 45.1 Å². The Hall–Kier alpha value is -1.19. The van der Waals surface area contributed by atoms with Gasteiger partial charge in [0.25, 0.3) is 0 Å². The van der Waals surface area contributed by atoms with Gasteiger partial charge in [0.05, 0.1) is 0 Å². The van der Waals surface area contributed by atoms with Gasteiger partial charge in [-0.15, -0.1) is 13.2 Å². The van der Waals surface area contributed by atoms with Gasteiger partial charge in [0, 0.05) is 0 Å². The van der Waals surface area contributed by atoms with Crippen LogP contribution in [0.4, 0.5) is 13.2 Å². The van der Waals surface area contributed by atoms with Crippen molar-refractivity contribution in [1.82, 2.24) is 0 Å². The molecule has 0 amide bonds. The zero-order chi connectivity index (χ0) is 13.8. The minimum Gasteiger partial charge on any atom is -0.406 e. The topological polar surface area (TPSA) is 9.23 Å². The van der Waals surface area contributed by atoms with E-state index in [1.807, 2.05) is 0 Å². The van der Waals surface area contributed by atoms with E-state index in [0.29, 0.717) is 11.8 Å². The average Bonchev–Trinajstić information content (AvgIpc) is 2.25. The summed E-state index contributed by atoms with van der Waals surface area (Å²) in [4.78, 5) is 0. The number of halogens is 3. The molecule has 1 nitrogen and oxygen atoms in total. The molecule has 102 valence electrons. The van der Waals surface area contributed by atoms with Crippen molar-refractivity contribution < 1.29 is 17.9 Å². The molecule has 0 bridgehead atoms. The van der Waals surface area contributed by atoms with Crippen molar-refractivity contribution in [3.63, 3.8) is 0 Å². The summed E-state index contributed by atoms with van der Waals surface area (Å²) in [5.41, 5.74) is 1.07. The lowest BCUT2D eigenvalue weighted by Gasteiger charge is -2.21. The second kappa shape index (κ2) is 6.12. The first-order chi connectivity index (χ1) is 8.33. The molecule has 0 N–H and O–H groups in total. The van der Waals surface area contributed by atoms with E-state index >= 15 is 0 Å². The highest BCUT2D eigenvalue weighted by Crippen LogP contribution is 2.31. The van der Waals surface area contributed by atoms with Gasteiger partial charge in [0.15, 0.2) is 0 Å². The van der Waals surface area contributed by atoms with Crippen LogP contribution in [0.5, 0.6) is 5.75 Å². The highest BCUT2D eigenvalue weighted by atomic mass is 19.4. The second-order valence-corrected chi connectivity index (χ2v) is 4.76. The minimum atomic E-state index is -4.62. The van der Waals surface area contributed by atoms with Crippen LogP contribution >= 0.6 is 0 Å². The zero-order valence-corrected chi connectivity index (χ0v) is 10.9. The minimum absolute atomic E-state index is 0.162. The van der Waals surface area contributed by atoms with Gasteiger partial charge < -0.3 is 4.74 Å². The molecule has 4 heteroatoms. The Labute approximate surface area is 106 Å². The van der Waals surface area contributed by atoms with Crippen LogP contribution < -0.4 is 4.74 Å². The summed E-state index contributed by atoms with van der Waals surface area (Å²) in [5.74, 6) is 0.694. The SMILES string of the molecule is CCCC(c1ccc(OC(F)(F)F)cc1)C(C)C. The van der Waals surface area contributed by atoms with E-state index in [0.717, 1.165) is 18.4 Å². The van der Waals surface area contributed by atoms with Gasteiger partial charge >= 0.3 is 6.36 Å². The van der Waals surface area contributed by atoms with Crippen LogP contribution in [-0.2, 0) is 0 Å². The smallest absolute Gasteiger partial charge is 0.406 e. The molecule has 0 radical (unpaired) electrons. The molecule has 0 saturated carbocycles. The molecule has 1 rings (SSSR count). The molecule has 0 aliphatic heterocycles. The highest BCUT2D eigenvalue weighted by molar-refractivity contribution is 5.29. The number of hydrogen-bond donors (Lipinski definition) is 0. The third-order valence-electron chi connectivity index (χ3n) is 2.95. The van der Waals surface area contributed by atoms with E-state index in [1.54, 1.807) is 12.1 Å². The van der Waals surface area contributed by atoms with Gasteiger partial charge in [0.2, 0.25) is 0 Å². The Morgan fingerprint density at radius 1 is 1.11 bits per heavy atom. The van der Waals surface area contributed by atoms with Crippen LogP contribution in [0, 0.1) is 5.92 Å². The van der Waals surface area contributed by atoms with Crippen molar-refractivity contribution in [2.45, 2.75) is 45.9 Å². The second-order valence-electron chi connectivity index (χ2n) is 4.76. The molecule has 0 aromatic heterocycles. The summed E-state index contributed by atoms with van der Waals surface area (Å²) in [6, 6.07) is 6.21. The number of ether oxygens (including phenoxy) is 1. The number of alkyl halides is 3. The maximum atomic E-state index is 12.0. The fourth-order valence-electron chi connectivity index (χ4n) is 2.11. The molecule has 1 aromatic rings. The number of hydrogen-bond acceptors (Lipinski definition) is 1. The Bertz CT molecular complexity index is 354. The van der Waals surface area contributed by atoms with E-state index < -0.39 is 6.36 Å². The van der Waals surface area contributed by atoms with Crippen molar-refractivity contribution in [3.05, 3.63) is 29.8 Å². The summed E-state index contributed by atoms with van der Waals surface area (Å²) in [6.45, 7) is 6.36. The molecule has 0 saturated heterocycles. The lowest BCUT2D eigenvalue weighted by atomic mass is 9.85. The third kappa shape index (κ3) is 4.59. The van der Waals surface area contributed by atoms with Crippen LogP contribution in [0.3, 0.4) is 0 Å². The standard InChI is InChI=1S/C14H19F3O/c1-4-5-13(10(2)3)11-6-8-12(9-7-11)18-14(15,16)17/h6-10,13H,4-5H2,1-3H3. The third-order valence-corrected chi connectivity index (χ3v) is 2.95. The maximum Gasteiger partial charge on any atom is 0.573 e. The molecule has 0 spiro atoms. The van der Waals surface area contributed by atoms with Gasteiger partial charge in [-0.2, -0.15) is 0 Å². The van der Waals surface area contributed by atoms with Crippen LogP contribution in [-0.4, -0.2) is 6.36 Å². The summed E-state index contributed by atoms with van der Waals surface area (Å²) < 4.78 is 39.9. The van der Waals surface area contributed by atoms with E-state index in [-0.39, 0.29) is 5.75 Å².